The molecule has 1 saturated heterocycles. The Labute approximate surface area is 186 Å². The lowest BCUT2D eigenvalue weighted by molar-refractivity contribution is -0.131. The summed E-state index contributed by atoms with van der Waals surface area (Å²) in [6, 6.07) is 16.1. The Morgan fingerprint density at radius 3 is 2.62 bits per heavy atom. The Morgan fingerprint density at radius 2 is 1.81 bits per heavy atom. The quantitative estimate of drug-likeness (QED) is 0.590. The minimum atomic E-state index is -0.258. The van der Waals surface area contributed by atoms with Gasteiger partial charge in [0.1, 0.15) is 19.0 Å². The van der Waals surface area contributed by atoms with Crippen molar-refractivity contribution in [2.45, 2.75) is 32.2 Å². The number of hydrogen-bond donors (Lipinski definition) is 0. The van der Waals surface area contributed by atoms with E-state index in [1.165, 1.54) is 12.1 Å². The topological polar surface area (TPSA) is 51.7 Å². The molecule has 0 N–H and O–H groups in total. The lowest BCUT2D eigenvalue weighted by Crippen LogP contribution is -2.32. The fraction of sp³-hybridized carbons (Fsp3) is 0.308. The van der Waals surface area contributed by atoms with Crippen LogP contribution in [0.15, 0.2) is 54.6 Å². The van der Waals surface area contributed by atoms with Crippen molar-refractivity contribution in [2.24, 2.45) is 0 Å². The Kier molecular flexibility index (Phi) is 5.52. The van der Waals surface area contributed by atoms with E-state index in [1.807, 2.05) is 42.2 Å². The summed E-state index contributed by atoms with van der Waals surface area (Å²) in [6.07, 6.45) is 2.13. The molecule has 32 heavy (non-hydrogen) atoms. The molecule has 0 spiro atoms. The largest absolute Gasteiger partial charge is 0.486 e. The minimum Gasteiger partial charge on any atom is -0.486 e. The second-order valence-electron chi connectivity index (χ2n) is 8.33. The Morgan fingerprint density at radius 1 is 1.03 bits per heavy atom. The maximum absolute atomic E-state index is 13.3. The van der Waals surface area contributed by atoms with Crippen LogP contribution >= 0.6 is 0 Å². The molecule has 0 bridgehead atoms. The molecule has 1 atom stereocenters. The first-order valence-corrected chi connectivity index (χ1v) is 11.0. The summed E-state index contributed by atoms with van der Waals surface area (Å²) in [7, 11) is 0. The van der Waals surface area contributed by atoms with Gasteiger partial charge in [0.15, 0.2) is 11.5 Å². The van der Waals surface area contributed by atoms with Crippen molar-refractivity contribution in [1.29, 1.82) is 0 Å². The molecule has 6 heteroatoms. The summed E-state index contributed by atoms with van der Waals surface area (Å²) in [5.41, 5.74) is 4.60. The van der Waals surface area contributed by atoms with Crippen LogP contribution in [0.4, 0.5) is 4.39 Å². The van der Waals surface area contributed by atoms with Crippen LogP contribution in [0.2, 0.25) is 0 Å². The zero-order valence-electron chi connectivity index (χ0n) is 18.0. The van der Waals surface area contributed by atoms with Gasteiger partial charge >= 0.3 is 0 Å². The van der Waals surface area contributed by atoms with Crippen molar-refractivity contribution in [1.82, 2.24) is 9.88 Å². The lowest BCUT2D eigenvalue weighted by atomic mass is 10.0. The fourth-order valence-electron chi connectivity index (χ4n) is 4.52. The molecular formula is C26H25FN2O3. The number of aromatic nitrogens is 1. The molecule has 0 saturated carbocycles. The van der Waals surface area contributed by atoms with Gasteiger partial charge in [-0.05, 0) is 72.9 Å². The van der Waals surface area contributed by atoms with Crippen molar-refractivity contribution in [3.05, 3.63) is 77.4 Å². The third-order valence-electron chi connectivity index (χ3n) is 6.03. The van der Waals surface area contributed by atoms with Crippen LogP contribution in [-0.2, 0) is 11.2 Å². The second kappa shape index (κ2) is 8.61. The number of likely N-dealkylation sites (tertiary alicyclic amines) is 1. The van der Waals surface area contributed by atoms with E-state index in [4.69, 9.17) is 14.5 Å². The molecule has 1 aromatic heterocycles. The predicted molar refractivity (Wildman–Crippen MR) is 119 cm³/mol. The van der Waals surface area contributed by atoms with Gasteiger partial charge in [0.2, 0.25) is 5.91 Å². The lowest BCUT2D eigenvalue weighted by Gasteiger charge is -2.25. The third kappa shape index (κ3) is 4.17. The van der Waals surface area contributed by atoms with Crippen molar-refractivity contribution in [2.75, 3.05) is 19.8 Å². The fourth-order valence-corrected chi connectivity index (χ4v) is 4.52. The van der Waals surface area contributed by atoms with Crippen molar-refractivity contribution in [3.8, 4) is 22.6 Å². The molecule has 3 heterocycles. The van der Waals surface area contributed by atoms with Gasteiger partial charge in [0.25, 0.3) is 0 Å². The number of pyridine rings is 1. The number of hydrogen-bond acceptors (Lipinski definition) is 4. The highest BCUT2D eigenvalue weighted by atomic mass is 19.1. The number of carbonyl (C=O) groups is 1. The SMILES string of the molecule is Cc1cc(-c2ccc(F)cc2)cc([C@@H]2CCCN2C(=O)Cc2ccc3c(c2)OCCO3)n1. The number of nitrogens with zero attached hydrogens (tertiary/aromatic N) is 2. The van der Waals surface area contributed by atoms with E-state index in [0.717, 1.165) is 53.2 Å². The van der Waals surface area contributed by atoms with E-state index in [9.17, 15) is 9.18 Å². The number of carbonyl (C=O) groups excluding carboxylic acids is 1. The minimum absolute atomic E-state index is 0.0567. The summed E-state index contributed by atoms with van der Waals surface area (Å²) in [5.74, 6) is 1.25. The van der Waals surface area contributed by atoms with Crippen molar-refractivity contribution in [3.63, 3.8) is 0 Å². The molecule has 0 unspecified atom stereocenters. The van der Waals surface area contributed by atoms with Crippen LogP contribution in [0, 0.1) is 12.7 Å². The normalized spacial score (nSPS) is 17.4. The number of aryl methyl sites for hydroxylation is 1. The van der Waals surface area contributed by atoms with Crippen molar-refractivity contribution < 1.29 is 18.7 Å². The van der Waals surface area contributed by atoms with E-state index in [2.05, 4.69) is 0 Å². The van der Waals surface area contributed by atoms with E-state index in [0.29, 0.717) is 25.4 Å². The molecule has 164 valence electrons. The zero-order chi connectivity index (χ0) is 22.1. The van der Waals surface area contributed by atoms with Crippen LogP contribution in [0.25, 0.3) is 11.1 Å². The summed E-state index contributed by atoms with van der Waals surface area (Å²) >= 11 is 0. The molecule has 0 aliphatic carbocycles. The summed E-state index contributed by atoms with van der Waals surface area (Å²) in [4.78, 5) is 19.9. The molecule has 0 radical (unpaired) electrons. The van der Waals surface area contributed by atoms with E-state index >= 15 is 0 Å². The highest BCUT2D eigenvalue weighted by Crippen LogP contribution is 2.35. The standard InChI is InChI=1S/C26H25FN2O3/c1-17-13-20(19-5-7-21(27)8-6-19)16-22(28-17)23-3-2-10-29(23)26(30)15-18-4-9-24-25(14-18)32-12-11-31-24/h4-9,13-14,16,23H,2-3,10-12,15H2,1H3/t23-/m0/s1. The van der Waals surface area contributed by atoms with E-state index in [1.54, 1.807) is 12.1 Å². The molecule has 2 aliphatic rings. The average molecular weight is 432 g/mol. The number of ether oxygens (including phenoxy) is 2. The maximum Gasteiger partial charge on any atom is 0.227 e. The summed E-state index contributed by atoms with van der Waals surface area (Å²) < 4.78 is 24.6. The monoisotopic (exact) mass is 432 g/mol. The molecule has 5 nitrogen and oxygen atoms in total. The van der Waals surface area contributed by atoms with E-state index in [-0.39, 0.29) is 17.8 Å². The first-order chi connectivity index (χ1) is 15.6. The van der Waals surface area contributed by atoms with Gasteiger partial charge in [-0.3, -0.25) is 9.78 Å². The Balaban J connectivity index is 1.37. The van der Waals surface area contributed by atoms with Gasteiger partial charge < -0.3 is 14.4 Å². The Hall–Kier alpha value is -3.41. The number of benzene rings is 2. The third-order valence-corrected chi connectivity index (χ3v) is 6.03. The van der Waals surface area contributed by atoms with Gasteiger partial charge in [-0.1, -0.05) is 18.2 Å². The molecule has 3 aromatic rings. The summed E-state index contributed by atoms with van der Waals surface area (Å²) in [5, 5.41) is 0. The molecule has 5 rings (SSSR count). The van der Waals surface area contributed by atoms with Crippen LogP contribution in [-0.4, -0.2) is 35.5 Å². The van der Waals surface area contributed by atoms with Gasteiger partial charge in [0.05, 0.1) is 18.2 Å². The molecule has 1 amide bonds. The van der Waals surface area contributed by atoms with Gasteiger partial charge in [0, 0.05) is 12.2 Å². The van der Waals surface area contributed by atoms with Crippen LogP contribution in [0.1, 0.15) is 35.8 Å². The van der Waals surface area contributed by atoms with Crippen LogP contribution < -0.4 is 9.47 Å². The predicted octanol–water partition coefficient (Wildman–Crippen LogP) is 4.87. The maximum atomic E-state index is 13.3. The van der Waals surface area contributed by atoms with Crippen molar-refractivity contribution >= 4 is 5.91 Å². The zero-order valence-corrected chi connectivity index (χ0v) is 18.0. The van der Waals surface area contributed by atoms with Gasteiger partial charge in [-0.15, -0.1) is 0 Å². The molecular weight excluding hydrogens is 407 g/mol. The first kappa shape index (κ1) is 20.5. The van der Waals surface area contributed by atoms with Crippen LogP contribution in [0.3, 0.4) is 0 Å². The molecule has 1 fully saturated rings. The van der Waals surface area contributed by atoms with Gasteiger partial charge in [-0.2, -0.15) is 0 Å². The average Bonchev–Trinajstić information content (AvgIpc) is 3.29. The molecule has 2 aliphatic heterocycles. The number of amides is 1. The van der Waals surface area contributed by atoms with E-state index < -0.39 is 0 Å². The van der Waals surface area contributed by atoms with Crippen LogP contribution in [0.5, 0.6) is 11.5 Å². The second-order valence-corrected chi connectivity index (χ2v) is 8.33. The number of rotatable bonds is 4. The van der Waals surface area contributed by atoms with Gasteiger partial charge in [-0.25, -0.2) is 4.39 Å². The highest BCUT2D eigenvalue weighted by molar-refractivity contribution is 5.80. The summed E-state index contributed by atoms with van der Waals surface area (Å²) in [6.45, 7) is 3.74. The Bertz CT molecular complexity index is 1150. The smallest absolute Gasteiger partial charge is 0.227 e. The number of fused-ring (bicyclic) bond motifs is 1. The molecule has 2 aromatic carbocycles. The first-order valence-electron chi connectivity index (χ1n) is 11.0. The number of halogens is 1. The highest BCUT2D eigenvalue weighted by Gasteiger charge is 2.31.